The Balaban J connectivity index is 1.76. The topological polar surface area (TPSA) is 116 Å². The number of carbonyl (C=O) groups excluding carboxylic acids is 2. The molecule has 8 nitrogen and oxygen atoms in total. The predicted molar refractivity (Wildman–Crippen MR) is 104 cm³/mol. The maximum absolute atomic E-state index is 12.6. The average molecular weight is 395 g/mol. The number of benzene rings is 2. The van der Waals surface area contributed by atoms with Gasteiger partial charge in [0, 0.05) is 18.1 Å². The number of nitro groups is 1. The minimum atomic E-state index is -0.954. The number of non-ortho nitro benzene ring substituents is 1. The van der Waals surface area contributed by atoms with Gasteiger partial charge in [-0.2, -0.15) is 0 Å². The van der Waals surface area contributed by atoms with E-state index in [9.17, 15) is 19.7 Å². The van der Waals surface area contributed by atoms with E-state index in [-0.39, 0.29) is 18.2 Å². The summed E-state index contributed by atoms with van der Waals surface area (Å²) in [5.74, 6) is -0.947. The van der Waals surface area contributed by atoms with Crippen LogP contribution in [0.15, 0.2) is 54.6 Å². The molecule has 0 aromatic heterocycles. The summed E-state index contributed by atoms with van der Waals surface area (Å²) in [5.41, 5.74) is 7.22. The van der Waals surface area contributed by atoms with Crippen molar-refractivity contribution in [2.45, 2.75) is 30.8 Å². The van der Waals surface area contributed by atoms with Crippen molar-refractivity contribution in [2.24, 2.45) is 11.7 Å². The number of cyclic esters (lactones) is 1. The fraction of sp³-hybridized carbons (Fsp3) is 0.333. The van der Waals surface area contributed by atoms with Crippen LogP contribution in [0.4, 0.5) is 10.5 Å². The molecule has 2 fully saturated rings. The molecule has 2 amide bonds. The highest BCUT2D eigenvalue weighted by Gasteiger charge is 2.49. The SMILES string of the molecule is NC(=O)C(C(c1cccc([N+](=O)[O-])c1)C1CC1)N1C(=O)OC[C@H]1c1ccccc1. The van der Waals surface area contributed by atoms with Crippen LogP contribution < -0.4 is 5.73 Å². The molecule has 2 aliphatic rings. The Morgan fingerprint density at radius 2 is 1.90 bits per heavy atom. The first-order valence-corrected chi connectivity index (χ1v) is 9.51. The highest BCUT2D eigenvalue weighted by Crippen LogP contribution is 2.48. The number of nitrogens with zero attached hydrogens (tertiary/aromatic N) is 2. The zero-order valence-corrected chi connectivity index (χ0v) is 15.6. The summed E-state index contributed by atoms with van der Waals surface area (Å²) in [6.07, 6.45) is 1.14. The van der Waals surface area contributed by atoms with Crippen LogP contribution in [0, 0.1) is 16.0 Å². The minimum absolute atomic E-state index is 0.0556. The Bertz CT molecular complexity index is 944. The fourth-order valence-electron chi connectivity index (χ4n) is 4.17. The lowest BCUT2D eigenvalue weighted by Crippen LogP contribution is -2.50. The van der Waals surface area contributed by atoms with E-state index in [1.165, 1.54) is 17.0 Å². The molecular formula is C21H21N3O5. The van der Waals surface area contributed by atoms with Crippen molar-refractivity contribution in [2.75, 3.05) is 6.61 Å². The maximum atomic E-state index is 12.6. The molecule has 2 N–H and O–H groups in total. The summed E-state index contributed by atoms with van der Waals surface area (Å²) in [6.45, 7) is 0.124. The number of hydrogen-bond acceptors (Lipinski definition) is 5. The lowest BCUT2D eigenvalue weighted by atomic mass is 9.84. The second-order valence-electron chi connectivity index (χ2n) is 7.47. The minimum Gasteiger partial charge on any atom is -0.447 e. The molecule has 150 valence electrons. The van der Waals surface area contributed by atoms with Crippen molar-refractivity contribution in [3.63, 3.8) is 0 Å². The van der Waals surface area contributed by atoms with Gasteiger partial charge in [0.15, 0.2) is 0 Å². The van der Waals surface area contributed by atoms with Gasteiger partial charge in [0.2, 0.25) is 5.91 Å². The highest BCUT2D eigenvalue weighted by atomic mass is 16.6. The molecule has 1 aliphatic heterocycles. The smallest absolute Gasteiger partial charge is 0.411 e. The molecule has 1 saturated heterocycles. The normalized spacial score (nSPS) is 20.8. The van der Waals surface area contributed by atoms with Crippen molar-refractivity contribution in [3.05, 3.63) is 75.8 Å². The third-order valence-corrected chi connectivity index (χ3v) is 5.62. The zero-order chi connectivity index (χ0) is 20.5. The molecule has 3 atom stereocenters. The molecule has 1 aliphatic carbocycles. The molecule has 4 rings (SSSR count). The lowest BCUT2D eigenvalue weighted by Gasteiger charge is -2.34. The number of nitro benzene ring substituents is 1. The standard InChI is InChI=1S/C21H21N3O5/c22-20(25)19(23-17(12-29-21(23)26)13-5-2-1-3-6-13)18(14-9-10-14)15-7-4-8-16(11-15)24(27)28/h1-8,11,14,17-19H,9-10,12H2,(H2,22,25)/t17-,18?,19?/m0/s1. The summed E-state index contributed by atoms with van der Waals surface area (Å²) in [4.78, 5) is 37.4. The fourth-order valence-corrected chi connectivity index (χ4v) is 4.17. The summed E-state index contributed by atoms with van der Waals surface area (Å²) in [5, 5.41) is 11.2. The summed E-state index contributed by atoms with van der Waals surface area (Å²) >= 11 is 0. The van der Waals surface area contributed by atoms with Crippen molar-refractivity contribution in [1.82, 2.24) is 4.90 Å². The van der Waals surface area contributed by atoms with Gasteiger partial charge >= 0.3 is 6.09 Å². The molecule has 0 radical (unpaired) electrons. The van der Waals surface area contributed by atoms with Gasteiger partial charge in [-0.25, -0.2) is 4.79 Å². The third-order valence-electron chi connectivity index (χ3n) is 5.62. The van der Waals surface area contributed by atoms with Crippen LogP contribution in [0.25, 0.3) is 0 Å². The number of hydrogen-bond donors (Lipinski definition) is 1. The Morgan fingerprint density at radius 3 is 2.52 bits per heavy atom. The molecular weight excluding hydrogens is 374 g/mol. The quantitative estimate of drug-likeness (QED) is 0.571. The monoisotopic (exact) mass is 395 g/mol. The van der Waals surface area contributed by atoms with Gasteiger partial charge in [0.05, 0.1) is 11.0 Å². The first kappa shape index (κ1) is 18.9. The van der Waals surface area contributed by atoms with Gasteiger partial charge < -0.3 is 10.5 Å². The largest absolute Gasteiger partial charge is 0.447 e. The van der Waals surface area contributed by atoms with E-state index >= 15 is 0 Å². The third kappa shape index (κ3) is 3.65. The van der Waals surface area contributed by atoms with Crippen molar-refractivity contribution < 1.29 is 19.2 Å². The first-order valence-electron chi connectivity index (χ1n) is 9.51. The molecule has 2 aromatic rings. The van der Waals surface area contributed by atoms with Gasteiger partial charge in [0.25, 0.3) is 5.69 Å². The number of amides is 2. The number of nitrogens with two attached hydrogens (primary N) is 1. The molecule has 29 heavy (non-hydrogen) atoms. The molecule has 8 heteroatoms. The second-order valence-corrected chi connectivity index (χ2v) is 7.47. The van der Waals surface area contributed by atoms with E-state index < -0.39 is 34.9 Å². The Kier molecular flexibility index (Phi) is 4.92. The van der Waals surface area contributed by atoms with E-state index in [1.807, 2.05) is 30.3 Å². The number of rotatable bonds is 7. The van der Waals surface area contributed by atoms with E-state index in [2.05, 4.69) is 0 Å². The molecule has 2 unspecified atom stereocenters. The van der Waals surface area contributed by atoms with Crippen molar-refractivity contribution in [1.29, 1.82) is 0 Å². The first-order chi connectivity index (χ1) is 14.0. The van der Waals surface area contributed by atoms with Crippen LogP contribution >= 0.6 is 0 Å². The van der Waals surface area contributed by atoms with Gasteiger partial charge in [-0.1, -0.05) is 42.5 Å². The van der Waals surface area contributed by atoms with Crippen molar-refractivity contribution >= 4 is 17.7 Å². The molecule has 2 aromatic carbocycles. The molecule has 0 spiro atoms. The highest BCUT2D eigenvalue weighted by molar-refractivity contribution is 5.86. The maximum Gasteiger partial charge on any atom is 0.411 e. The summed E-state index contributed by atoms with van der Waals surface area (Å²) in [7, 11) is 0. The lowest BCUT2D eigenvalue weighted by molar-refractivity contribution is -0.384. The number of carbonyl (C=O) groups is 2. The second kappa shape index (κ2) is 7.54. The van der Waals surface area contributed by atoms with E-state index in [0.717, 1.165) is 18.4 Å². The van der Waals surface area contributed by atoms with Crippen LogP contribution in [0.5, 0.6) is 0 Å². The Hall–Kier alpha value is -3.42. The van der Waals surface area contributed by atoms with Crippen LogP contribution in [-0.2, 0) is 9.53 Å². The zero-order valence-electron chi connectivity index (χ0n) is 15.6. The summed E-state index contributed by atoms with van der Waals surface area (Å²) < 4.78 is 5.28. The van der Waals surface area contributed by atoms with Crippen LogP contribution in [0.1, 0.15) is 35.9 Å². The molecule has 1 heterocycles. The van der Waals surface area contributed by atoms with E-state index in [1.54, 1.807) is 12.1 Å². The van der Waals surface area contributed by atoms with Crippen LogP contribution in [0.2, 0.25) is 0 Å². The van der Waals surface area contributed by atoms with E-state index in [4.69, 9.17) is 10.5 Å². The Labute approximate surface area is 167 Å². The van der Waals surface area contributed by atoms with Gasteiger partial charge in [-0.3, -0.25) is 19.8 Å². The number of ether oxygens (including phenoxy) is 1. The van der Waals surface area contributed by atoms with E-state index in [0.29, 0.717) is 5.56 Å². The molecule has 1 saturated carbocycles. The Morgan fingerprint density at radius 1 is 1.17 bits per heavy atom. The summed E-state index contributed by atoms with van der Waals surface area (Å²) in [6, 6.07) is 14.2. The van der Waals surface area contributed by atoms with Gasteiger partial charge in [0.1, 0.15) is 12.6 Å². The van der Waals surface area contributed by atoms with Gasteiger partial charge in [-0.15, -0.1) is 0 Å². The predicted octanol–water partition coefficient (Wildman–Crippen LogP) is 3.14. The van der Waals surface area contributed by atoms with Gasteiger partial charge in [-0.05, 0) is 29.9 Å². The van der Waals surface area contributed by atoms with Crippen LogP contribution in [0.3, 0.4) is 0 Å². The average Bonchev–Trinajstić information content (AvgIpc) is 3.48. The number of primary amides is 1. The van der Waals surface area contributed by atoms with Crippen LogP contribution in [-0.4, -0.2) is 34.5 Å². The van der Waals surface area contributed by atoms with Crippen molar-refractivity contribution in [3.8, 4) is 0 Å². The molecule has 0 bridgehead atoms.